The van der Waals surface area contributed by atoms with Crippen LogP contribution in [0, 0.1) is 11.8 Å². The Labute approximate surface area is 176 Å². The Kier molecular flexibility index (Phi) is 11.1. The number of halogens is 2. The summed E-state index contributed by atoms with van der Waals surface area (Å²) >= 11 is 5.34. The standard InChI is InChI=1S/C20H26ClNO5.ClH/c21-11-17(23)13-26-19(24)10-5-14-3-8-18(9-4-14)27-20(25)16-6-1-15(12-22)2-7-16;/h3-4,8-9,15-16H,1-2,5-7,10-13,22H2;1H/t15-,16-;. The first-order valence-electron chi connectivity index (χ1n) is 9.25. The van der Waals surface area contributed by atoms with Gasteiger partial charge in [-0.25, -0.2) is 0 Å². The summed E-state index contributed by atoms with van der Waals surface area (Å²) in [6.45, 7) is 0.393. The van der Waals surface area contributed by atoms with Gasteiger partial charge in [-0.3, -0.25) is 14.4 Å². The van der Waals surface area contributed by atoms with Gasteiger partial charge < -0.3 is 15.2 Å². The predicted octanol–water partition coefficient (Wildman–Crippen LogP) is 3.06. The molecule has 0 atom stereocenters. The molecule has 2 rings (SSSR count). The molecule has 0 bridgehead atoms. The van der Waals surface area contributed by atoms with E-state index in [2.05, 4.69) is 0 Å². The van der Waals surface area contributed by atoms with Crippen LogP contribution in [-0.2, 0) is 25.5 Å². The summed E-state index contributed by atoms with van der Waals surface area (Å²) in [7, 11) is 0. The van der Waals surface area contributed by atoms with E-state index in [4.69, 9.17) is 26.8 Å². The first kappa shape index (κ1) is 24.4. The Balaban J connectivity index is 0.00000392. The molecule has 1 saturated carbocycles. The highest BCUT2D eigenvalue weighted by Gasteiger charge is 2.27. The summed E-state index contributed by atoms with van der Waals surface area (Å²) in [5, 5.41) is 0. The lowest BCUT2D eigenvalue weighted by atomic mass is 9.82. The molecule has 0 saturated heterocycles. The number of esters is 2. The van der Waals surface area contributed by atoms with Crippen LogP contribution in [-0.4, -0.2) is 36.8 Å². The molecule has 2 N–H and O–H groups in total. The molecule has 1 aliphatic carbocycles. The van der Waals surface area contributed by atoms with Gasteiger partial charge in [-0.2, -0.15) is 0 Å². The van der Waals surface area contributed by atoms with Gasteiger partial charge in [0.1, 0.15) is 5.75 Å². The Hall–Kier alpha value is -1.63. The molecule has 28 heavy (non-hydrogen) atoms. The Morgan fingerprint density at radius 1 is 1.07 bits per heavy atom. The number of ketones is 1. The summed E-state index contributed by atoms with van der Waals surface area (Å²) in [4.78, 5) is 34.8. The molecule has 1 fully saturated rings. The van der Waals surface area contributed by atoms with E-state index in [9.17, 15) is 14.4 Å². The second-order valence-corrected chi connectivity index (χ2v) is 7.12. The number of carbonyl (C=O) groups excluding carboxylic acids is 3. The zero-order chi connectivity index (χ0) is 19.6. The molecular weight excluding hydrogens is 405 g/mol. The highest BCUT2D eigenvalue weighted by atomic mass is 35.5. The fraction of sp³-hybridized carbons (Fsp3) is 0.550. The number of nitrogens with two attached hydrogens (primary N) is 1. The Morgan fingerprint density at radius 3 is 2.29 bits per heavy atom. The summed E-state index contributed by atoms with van der Waals surface area (Å²) in [6, 6.07) is 7.07. The molecule has 0 amide bonds. The minimum Gasteiger partial charge on any atom is -0.458 e. The van der Waals surface area contributed by atoms with Crippen molar-refractivity contribution in [2.75, 3.05) is 19.0 Å². The van der Waals surface area contributed by atoms with Crippen LogP contribution in [0.2, 0.25) is 0 Å². The fourth-order valence-electron chi connectivity index (χ4n) is 3.08. The topological polar surface area (TPSA) is 95.7 Å². The summed E-state index contributed by atoms with van der Waals surface area (Å²) < 4.78 is 10.3. The van der Waals surface area contributed by atoms with Gasteiger partial charge in [-0.15, -0.1) is 24.0 Å². The minimum atomic E-state index is -0.447. The monoisotopic (exact) mass is 431 g/mol. The average molecular weight is 432 g/mol. The van der Waals surface area contributed by atoms with Gasteiger partial charge in [0, 0.05) is 6.42 Å². The van der Waals surface area contributed by atoms with E-state index < -0.39 is 5.97 Å². The van der Waals surface area contributed by atoms with Crippen LogP contribution in [0.5, 0.6) is 5.75 Å². The van der Waals surface area contributed by atoms with E-state index in [0.29, 0.717) is 24.6 Å². The predicted molar refractivity (Wildman–Crippen MR) is 109 cm³/mol. The molecule has 0 unspecified atom stereocenters. The van der Waals surface area contributed by atoms with Crippen molar-refractivity contribution in [1.82, 2.24) is 0 Å². The molecule has 0 heterocycles. The second kappa shape index (κ2) is 12.8. The van der Waals surface area contributed by atoms with E-state index in [0.717, 1.165) is 31.2 Å². The number of benzene rings is 1. The van der Waals surface area contributed by atoms with Crippen molar-refractivity contribution in [2.24, 2.45) is 17.6 Å². The third-order valence-corrected chi connectivity index (χ3v) is 5.11. The number of hydrogen-bond acceptors (Lipinski definition) is 6. The van der Waals surface area contributed by atoms with Crippen molar-refractivity contribution >= 4 is 41.7 Å². The van der Waals surface area contributed by atoms with E-state index in [1.54, 1.807) is 12.1 Å². The average Bonchev–Trinajstić information content (AvgIpc) is 2.71. The van der Waals surface area contributed by atoms with E-state index >= 15 is 0 Å². The molecule has 156 valence electrons. The molecule has 0 radical (unpaired) electrons. The molecule has 1 aromatic carbocycles. The van der Waals surface area contributed by atoms with Crippen LogP contribution in [0.15, 0.2) is 24.3 Å². The second-order valence-electron chi connectivity index (χ2n) is 6.85. The number of hydrogen-bond donors (Lipinski definition) is 1. The number of rotatable bonds is 9. The largest absolute Gasteiger partial charge is 0.458 e. The van der Waals surface area contributed by atoms with Crippen LogP contribution in [0.4, 0.5) is 0 Å². The van der Waals surface area contributed by atoms with Crippen molar-refractivity contribution in [3.63, 3.8) is 0 Å². The Morgan fingerprint density at radius 2 is 1.71 bits per heavy atom. The number of aryl methyl sites for hydroxylation is 1. The lowest BCUT2D eigenvalue weighted by molar-refractivity contribution is -0.147. The summed E-state index contributed by atoms with van der Waals surface area (Å²) in [6.07, 6.45) is 4.24. The zero-order valence-corrected chi connectivity index (χ0v) is 17.3. The third kappa shape index (κ3) is 8.17. The van der Waals surface area contributed by atoms with E-state index in [1.807, 2.05) is 12.1 Å². The highest BCUT2D eigenvalue weighted by Crippen LogP contribution is 2.29. The third-order valence-electron chi connectivity index (χ3n) is 4.82. The smallest absolute Gasteiger partial charge is 0.314 e. The van der Waals surface area contributed by atoms with Crippen molar-refractivity contribution in [3.05, 3.63) is 29.8 Å². The first-order valence-corrected chi connectivity index (χ1v) is 9.79. The van der Waals surface area contributed by atoms with Crippen LogP contribution in [0.25, 0.3) is 0 Å². The van der Waals surface area contributed by atoms with Gasteiger partial charge in [-0.05, 0) is 62.3 Å². The summed E-state index contributed by atoms with van der Waals surface area (Å²) in [5.74, 6) is -0.163. The van der Waals surface area contributed by atoms with E-state index in [1.165, 1.54) is 0 Å². The van der Waals surface area contributed by atoms with Crippen LogP contribution >= 0.6 is 24.0 Å². The number of Topliss-reactive ketones (excluding diaryl/α,β-unsaturated/α-hetero) is 1. The van der Waals surface area contributed by atoms with Crippen molar-refractivity contribution in [3.8, 4) is 5.75 Å². The summed E-state index contributed by atoms with van der Waals surface area (Å²) in [5.41, 5.74) is 6.59. The van der Waals surface area contributed by atoms with Gasteiger partial charge >= 0.3 is 11.9 Å². The van der Waals surface area contributed by atoms with Gasteiger partial charge in [-0.1, -0.05) is 12.1 Å². The maximum absolute atomic E-state index is 12.3. The van der Waals surface area contributed by atoms with Crippen LogP contribution in [0.1, 0.15) is 37.7 Å². The minimum absolute atomic E-state index is 0. The van der Waals surface area contributed by atoms with E-state index in [-0.39, 0.29) is 49.0 Å². The van der Waals surface area contributed by atoms with Crippen molar-refractivity contribution in [1.29, 1.82) is 0 Å². The molecule has 0 aromatic heterocycles. The first-order chi connectivity index (χ1) is 13.0. The van der Waals surface area contributed by atoms with Crippen molar-refractivity contribution in [2.45, 2.75) is 38.5 Å². The van der Waals surface area contributed by atoms with Gasteiger partial charge in [0.25, 0.3) is 0 Å². The van der Waals surface area contributed by atoms with Crippen molar-refractivity contribution < 1.29 is 23.9 Å². The molecule has 6 nitrogen and oxygen atoms in total. The maximum atomic E-state index is 12.3. The number of carbonyl (C=O) groups is 3. The number of alkyl halides is 1. The SMILES string of the molecule is Cl.NC[C@H]1CC[C@H](C(=O)Oc2ccc(CCC(=O)OCC(=O)CCl)cc2)CC1. The van der Waals surface area contributed by atoms with Gasteiger partial charge in [0.05, 0.1) is 11.8 Å². The normalized spacial score (nSPS) is 18.6. The molecule has 1 aromatic rings. The maximum Gasteiger partial charge on any atom is 0.314 e. The molecular formula is C20H27Cl2NO5. The molecule has 8 heteroatoms. The zero-order valence-electron chi connectivity index (χ0n) is 15.7. The molecule has 0 spiro atoms. The number of ether oxygens (including phenoxy) is 2. The van der Waals surface area contributed by atoms with Crippen LogP contribution in [0.3, 0.4) is 0 Å². The molecule has 1 aliphatic rings. The van der Waals surface area contributed by atoms with Gasteiger partial charge in [0.2, 0.25) is 0 Å². The molecule has 0 aliphatic heterocycles. The Bertz CT molecular complexity index is 643. The van der Waals surface area contributed by atoms with Gasteiger partial charge in [0.15, 0.2) is 12.4 Å². The highest BCUT2D eigenvalue weighted by molar-refractivity contribution is 6.27. The fourth-order valence-corrected chi connectivity index (χ4v) is 3.15. The quantitative estimate of drug-likeness (QED) is 0.366. The lowest BCUT2D eigenvalue weighted by Crippen LogP contribution is -2.28. The lowest BCUT2D eigenvalue weighted by Gasteiger charge is -2.26. The van der Waals surface area contributed by atoms with Crippen LogP contribution < -0.4 is 10.5 Å².